The SMILES string of the molecule is NC(Cc1ncc[nH]1)c1cc2c(s1)CCSC2. The van der Waals surface area contributed by atoms with Crippen LogP contribution >= 0.6 is 23.1 Å². The summed E-state index contributed by atoms with van der Waals surface area (Å²) in [6.45, 7) is 0. The Morgan fingerprint density at radius 3 is 3.24 bits per heavy atom. The number of aryl methyl sites for hydroxylation is 1. The largest absolute Gasteiger partial charge is 0.349 e. The second kappa shape index (κ2) is 4.84. The third-order valence-corrected chi connectivity index (χ3v) is 5.36. The van der Waals surface area contributed by atoms with Crippen molar-refractivity contribution in [2.24, 2.45) is 5.73 Å². The Bertz CT molecular complexity index is 466. The topological polar surface area (TPSA) is 54.7 Å². The molecule has 0 bridgehead atoms. The third-order valence-electron chi connectivity index (χ3n) is 2.98. The van der Waals surface area contributed by atoms with E-state index in [1.807, 2.05) is 29.3 Å². The van der Waals surface area contributed by atoms with Crippen LogP contribution in [0.4, 0.5) is 0 Å². The van der Waals surface area contributed by atoms with Crippen LogP contribution < -0.4 is 5.73 Å². The van der Waals surface area contributed by atoms with Gasteiger partial charge in [0.2, 0.25) is 0 Å². The van der Waals surface area contributed by atoms with Gasteiger partial charge in [0.15, 0.2) is 0 Å². The van der Waals surface area contributed by atoms with E-state index in [-0.39, 0.29) is 6.04 Å². The molecule has 3 heterocycles. The molecule has 0 aromatic carbocycles. The molecular weight excluding hydrogens is 250 g/mol. The Hall–Kier alpha value is -0.780. The van der Waals surface area contributed by atoms with Crippen LogP contribution in [0, 0.1) is 0 Å². The predicted octanol–water partition coefficient (Wildman–Crippen LogP) is 2.50. The molecule has 90 valence electrons. The molecule has 5 heteroatoms. The van der Waals surface area contributed by atoms with E-state index in [1.165, 1.54) is 27.5 Å². The van der Waals surface area contributed by atoms with Gasteiger partial charge in [-0.25, -0.2) is 4.98 Å². The number of nitrogens with one attached hydrogen (secondary N) is 1. The first kappa shape index (κ1) is 11.3. The third kappa shape index (κ3) is 2.41. The first-order valence-corrected chi connectivity index (χ1v) is 7.73. The van der Waals surface area contributed by atoms with Crippen molar-refractivity contribution in [3.8, 4) is 0 Å². The minimum absolute atomic E-state index is 0.0711. The fourth-order valence-electron chi connectivity index (χ4n) is 2.07. The van der Waals surface area contributed by atoms with Gasteiger partial charge in [0.1, 0.15) is 5.82 Å². The number of nitrogens with zero attached hydrogens (tertiary/aromatic N) is 1. The highest BCUT2D eigenvalue weighted by Crippen LogP contribution is 2.34. The monoisotopic (exact) mass is 265 g/mol. The molecule has 2 aromatic rings. The van der Waals surface area contributed by atoms with E-state index in [9.17, 15) is 0 Å². The number of aromatic nitrogens is 2. The van der Waals surface area contributed by atoms with Crippen molar-refractivity contribution in [2.45, 2.75) is 24.6 Å². The molecule has 1 atom stereocenters. The van der Waals surface area contributed by atoms with Gasteiger partial charge in [0.05, 0.1) is 0 Å². The van der Waals surface area contributed by atoms with Crippen LogP contribution in [-0.2, 0) is 18.6 Å². The zero-order valence-corrected chi connectivity index (χ0v) is 11.1. The molecule has 2 aromatic heterocycles. The number of thioether (sulfide) groups is 1. The maximum absolute atomic E-state index is 6.24. The molecule has 1 aliphatic heterocycles. The van der Waals surface area contributed by atoms with Gasteiger partial charge in [-0.3, -0.25) is 0 Å². The summed E-state index contributed by atoms with van der Waals surface area (Å²) >= 11 is 3.90. The van der Waals surface area contributed by atoms with E-state index < -0.39 is 0 Å². The van der Waals surface area contributed by atoms with Crippen LogP contribution in [0.15, 0.2) is 18.5 Å². The maximum atomic E-state index is 6.24. The highest BCUT2D eigenvalue weighted by atomic mass is 32.2. The molecule has 17 heavy (non-hydrogen) atoms. The fraction of sp³-hybridized carbons (Fsp3) is 0.417. The molecular formula is C12H15N3S2. The van der Waals surface area contributed by atoms with Crippen molar-refractivity contribution in [1.82, 2.24) is 9.97 Å². The first-order valence-electron chi connectivity index (χ1n) is 5.76. The molecule has 1 aliphatic rings. The summed E-state index contributed by atoms with van der Waals surface area (Å²) in [5, 5.41) is 0. The Labute approximate surface area is 109 Å². The van der Waals surface area contributed by atoms with Gasteiger partial charge in [0.25, 0.3) is 0 Å². The average Bonchev–Trinajstić information content (AvgIpc) is 2.96. The number of rotatable bonds is 3. The second-order valence-electron chi connectivity index (χ2n) is 4.25. The van der Waals surface area contributed by atoms with Crippen LogP contribution in [-0.4, -0.2) is 15.7 Å². The number of aromatic amines is 1. The van der Waals surface area contributed by atoms with E-state index in [1.54, 1.807) is 6.20 Å². The Morgan fingerprint density at radius 2 is 2.47 bits per heavy atom. The Kier molecular flexibility index (Phi) is 3.22. The number of hydrogen-bond donors (Lipinski definition) is 2. The average molecular weight is 265 g/mol. The van der Waals surface area contributed by atoms with Gasteiger partial charge in [-0.05, 0) is 23.8 Å². The molecule has 3 N–H and O–H groups in total. The van der Waals surface area contributed by atoms with Crippen LogP contribution in [0.25, 0.3) is 0 Å². The lowest BCUT2D eigenvalue weighted by Gasteiger charge is -2.08. The molecule has 3 nitrogen and oxygen atoms in total. The molecule has 0 amide bonds. The summed E-state index contributed by atoms with van der Waals surface area (Å²) < 4.78 is 0. The van der Waals surface area contributed by atoms with Gasteiger partial charge in [-0.1, -0.05) is 0 Å². The molecule has 1 unspecified atom stereocenters. The van der Waals surface area contributed by atoms with E-state index in [2.05, 4.69) is 16.0 Å². The second-order valence-corrected chi connectivity index (χ2v) is 6.52. The fourth-order valence-corrected chi connectivity index (χ4v) is 4.45. The smallest absolute Gasteiger partial charge is 0.107 e. The minimum Gasteiger partial charge on any atom is -0.349 e. The van der Waals surface area contributed by atoms with Crippen molar-refractivity contribution >= 4 is 23.1 Å². The van der Waals surface area contributed by atoms with Crippen LogP contribution in [0.5, 0.6) is 0 Å². The minimum atomic E-state index is 0.0711. The van der Waals surface area contributed by atoms with E-state index in [4.69, 9.17) is 5.73 Å². The molecule has 0 aliphatic carbocycles. The summed E-state index contributed by atoms with van der Waals surface area (Å²) in [5.74, 6) is 3.37. The highest BCUT2D eigenvalue weighted by molar-refractivity contribution is 7.98. The summed E-state index contributed by atoms with van der Waals surface area (Å²) in [6.07, 6.45) is 5.62. The number of imidazole rings is 1. The van der Waals surface area contributed by atoms with Crippen molar-refractivity contribution in [3.63, 3.8) is 0 Å². The normalized spacial score (nSPS) is 16.8. The standard InChI is InChI=1S/C12H15N3S2/c13-9(6-12-14-2-3-15-12)11-5-8-7-16-4-1-10(8)17-11/h2-3,5,9H,1,4,6-7,13H2,(H,14,15). The number of H-pyrrole nitrogens is 1. The van der Waals surface area contributed by atoms with Crippen molar-refractivity contribution in [2.75, 3.05) is 5.75 Å². The molecule has 0 saturated carbocycles. The highest BCUT2D eigenvalue weighted by Gasteiger charge is 2.17. The van der Waals surface area contributed by atoms with Crippen LogP contribution in [0.1, 0.15) is 27.2 Å². The van der Waals surface area contributed by atoms with Crippen molar-refractivity contribution in [1.29, 1.82) is 0 Å². The summed E-state index contributed by atoms with van der Waals surface area (Å²) in [4.78, 5) is 10.2. The van der Waals surface area contributed by atoms with E-state index in [0.717, 1.165) is 18.0 Å². The van der Waals surface area contributed by atoms with Gasteiger partial charge in [0, 0.05) is 40.4 Å². The van der Waals surface area contributed by atoms with Crippen LogP contribution in [0.3, 0.4) is 0 Å². The van der Waals surface area contributed by atoms with E-state index >= 15 is 0 Å². The molecule has 0 spiro atoms. The maximum Gasteiger partial charge on any atom is 0.107 e. The van der Waals surface area contributed by atoms with Crippen LogP contribution in [0.2, 0.25) is 0 Å². The quantitative estimate of drug-likeness (QED) is 0.896. The lowest BCUT2D eigenvalue weighted by molar-refractivity contribution is 0.707. The van der Waals surface area contributed by atoms with Gasteiger partial charge >= 0.3 is 0 Å². The van der Waals surface area contributed by atoms with Gasteiger partial charge in [-0.15, -0.1) is 11.3 Å². The van der Waals surface area contributed by atoms with Crippen molar-refractivity contribution in [3.05, 3.63) is 39.6 Å². The number of hydrogen-bond acceptors (Lipinski definition) is 4. The zero-order valence-electron chi connectivity index (χ0n) is 9.48. The zero-order chi connectivity index (χ0) is 11.7. The molecule has 0 saturated heterocycles. The molecule has 0 radical (unpaired) electrons. The van der Waals surface area contributed by atoms with E-state index in [0.29, 0.717) is 0 Å². The lowest BCUT2D eigenvalue weighted by Crippen LogP contribution is -2.12. The number of thiophene rings is 1. The summed E-state index contributed by atoms with van der Waals surface area (Å²) in [7, 11) is 0. The van der Waals surface area contributed by atoms with Gasteiger partial charge < -0.3 is 10.7 Å². The summed E-state index contributed by atoms with van der Waals surface area (Å²) in [5.41, 5.74) is 7.74. The predicted molar refractivity (Wildman–Crippen MR) is 73.4 cm³/mol. The van der Waals surface area contributed by atoms with Crippen molar-refractivity contribution < 1.29 is 0 Å². The summed E-state index contributed by atoms with van der Waals surface area (Å²) in [6, 6.07) is 2.36. The Morgan fingerprint density at radius 1 is 1.53 bits per heavy atom. The molecule has 3 rings (SSSR count). The number of nitrogens with two attached hydrogens (primary N) is 1. The van der Waals surface area contributed by atoms with Gasteiger partial charge in [-0.2, -0.15) is 11.8 Å². The first-order chi connectivity index (χ1) is 8.33. The Balaban J connectivity index is 1.77. The molecule has 0 fully saturated rings. The number of fused-ring (bicyclic) bond motifs is 1. The lowest BCUT2D eigenvalue weighted by atomic mass is 10.1.